The zero-order chi connectivity index (χ0) is 20.8. The normalized spacial score (nSPS) is 14.5. The van der Waals surface area contributed by atoms with Crippen LogP contribution >= 0.6 is 0 Å². The van der Waals surface area contributed by atoms with Crippen molar-refractivity contribution in [1.82, 2.24) is 20.5 Å². The second kappa shape index (κ2) is 9.48. The van der Waals surface area contributed by atoms with E-state index in [9.17, 15) is 4.79 Å². The molecular formula is C24H29N5O. The van der Waals surface area contributed by atoms with Gasteiger partial charge < -0.3 is 20.5 Å². The number of aliphatic imine (C=N–C) groups is 1. The van der Waals surface area contributed by atoms with E-state index in [1.807, 2.05) is 11.0 Å². The van der Waals surface area contributed by atoms with E-state index in [0.717, 1.165) is 31.9 Å². The molecular weight excluding hydrogens is 374 g/mol. The summed E-state index contributed by atoms with van der Waals surface area (Å²) in [4.78, 5) is 21.5. The summed E-state index contributed by atoms with van der Waals surface area (Å²) in [6, 6.07) is 16.8. The first kappa shape index (κ1) is 20.0. The molecule has 0 bridgehead atoms. The highest BCUT2D eigenvalue weighted by molar-refractivity contribution is 5.83. The van der Waals surface area contributed by atoms with Crippen LogP contribution in [-0.2, 0) is 24.3 Å². The largest absolute Gasteiger partial charge is 0.361 e. The van der Waals surface area contributed by atoms with Crippen molar-refractivity contribution in [2.24, 2.45) is 4.99 Å². The van der Waals surface area contributed by atoms with Gasteiger partial charge in [0.05, 0.1) is 0 Å². The molecule has 3 aromatic rings. The summed E-state index contributed by atoms with van der Waals surface area (Å²) in [6.07, 6.45) is 4.66. The van der Waals surface area contributed by atoms with Crippen LogP contribution in [0.1, 0.15) is 29.5 Å². The quantitative estimate of drug-likeness (QED) is 0.419. The summed E-state index contributed by atoms with van der Waals surface area (Å²) >= 11 is 0. The van der Waals surface area contributed by atoms with Crippen molar-refractivity contribution in [2.75, 3.05) is 20.1 Å². The molecule has 6 heteroatoms. The number of nitrogens with one attached hydrogen (secondary N) is 3. The van der Waals surface area contributed by atoms with Crippen LogP contribution in [0.5, 0.6) is 0 Å². The average Bonchev–Trinajstić information content (AvgIpc) is 3.37. The summed E-state index contributed by atoms with van der Waals surface area (Å²) in [6.45, 7) is 3.06. The molecule has 2 heterocycles. The van der Waals surface area contributed by atoms with Crippen molar-refractivity contribution in [3.63, 3.8) is 0 Å². The molecule has 3 N–H and O–H groups in total. The van der Waals surface area contributed by atoms with Crippen molar-refractivity contribution in [3.8, 4) is 0 Å². The Labute approximate surface area is 177 Å². The molecule has 0 spiro atoms. The lowest BCUT2D eigenvalue weighted by Crippen LogP contribution is -2.37. The number of H-pyrrole nitrogens is 1. The molecule has 156 valence electrons. The number of aromatic nitrogens is 1. The van der Waals surface area contributed by atoms with Gasteiger partial charge in [0.1, 0.15) is 0 Å². The standard InChI is InChI=1S/C24H29N5O/c1-25-24(26-12-11-20-16-27-22-9-3-2-8-21(20)22)28-15-18-6-4-7-19(14-18)17-29-13-5-10-23(29)30/h2-4,6-9,14,16,27H,5,10-13,15,17H2,1H3,(H2,25,26,28). The molecule has 0 unspecified atom stereocenters. The van der Waals surface area contributed by atoms with Crippen LogP contribution in [0, 0.1) is 0 Å². The summed E-state index contributed by atoms with van der Waals surface area (Å²) in [5.74, 6) is 1.05. The number of rotatable bonds is 7. The summed E-state index contributed by atoms with van der Waals surface area (Å²) in [5, 5.41) is 8.05. The Bertz CT molecular complexity index is 1040. The molecule has 30 heavy (non-hydrogen) atoms. The minimum atomic E-state index is 0.262. The molecule has 0 saturated carbocycles. The molecule has 1 aliphatic heterocycles. The van der Waals surface area contributed by atoms with Gasteiger partial charge in [0.25, 0.3) is 0 Å². The maximum absolute atomic E-state index is 11.9. The van der Waals surface area contributed by atoms with E-state index in [2.05, 4.69) is 69.3 Å². The minimum Gasteiger partial charge on any atom is -0.361 e. The molecule has 4 rings (SSSR count). The predicted molar refractivity (Wildman–Crippen MR) is 121 cm³/mol. The van der Waals surface area contributed by atoms with E-state index in [0.29, 0.717) is 19.5 Å². The number of hydrogen-bond acceptors (Lipinski definition) is 2. The molecule has 1 saturated heterocycles. The highest BCUT2D eigenvalue weighted by atomic mass is 16.2. The second-order valence-electron chi connectivity index (χ2n) is 7.70. The average molecular weight is 404 g/mol. The highest BCUT2D eigenvalue weighted by Gasteiger charge is 2.19. The van der Waals surface area contributed by atoms with Gasteiger partial charge in [-0.05, 0) is 35.6 Å². The number of benzene rings is 2. The Morgan fingerprint density at radius 2 is 2.00 bits per heavy atom. The number of fused-ring (bicyclic) bond motifs is 1. The predicted octanol–water partition coefficient (Wildman–Crippen LogP) is 3.20. The van der Waals surface area contributed by atoms with Crippen molar-refractivity contribution in [1.29, 1.82) is 0 Å². The molecule has 1 amide bonds. The van der Waals surface area contributed by atoms with Gasteiger partial charge in [0, 0.05) is 56.7 Å². The Balaban J connectivity index is 1.27. The fourth-order valence-corrected chi connectivity index (χ4v) is 3.99. The topological polar surface area (TPSA) is 72.5 Å². The number of amides is 1. The number of guanidine groups is 1. The van der Waals surface area contributed by atoms with Crippen molar-refractivity contribution in [3.05, 3.63) is 71.4 Å². The minimum absolute atomic E-state index is 0.262. The fourth-order valence-electron chi connectivity index (χ4n) is 3.99. The molecule has 1 aliphatic rings. The third-order valence-corrected chi connectivity index (χ3v) is 5.58. The molecule has 2 aromatic carbocycles. The van der Waals surface area contributed by atoms with Gasteiger partial charge in [-0.25, -0.2) is 0 Å². The van der Waals surface area contributed by atoms with Crippen molar-refractivity contribution >= 4 is 22.8 Å². The molecule has 6 nitrogen and oxygen atoms in total. The van der Waals surface area contributed by atoms with Crippen LogP contribution in [-0.4, -0.2) is 41.9 Å². The Morgan fingerprint density at radius 3 is 2.83 bits per heavy atom. The SMILES string of the molecule is CN=C(NCCc1c[nH]c2ccccc12)NCc1cccc(CN2CCCC2=O)c1. The first-order valence-electron chi connectivity index (χ1n) is 10.6. The number of aromatic amines is 1. The number of para-hydroxylation sites is 1. The maximum Gasteiger partial charge on any atom is 0.222 e. The smallest absolute Gasteiger partial charge is 0.222 e. The number of nitrogens with zero attached hydrogens (tertiary/aromatic N) is 2. The van der Waals surface area contributed by atoms with Crippen LogP contribution in [0.15, 0.2) is 59.7 Å². The van der Waals surface area contributed by atoms with Crippen molar-refractivity contribution < 1.29 is 4.79 Å². The molecule has 1 fully saturated rings. The fraction of sp³-hybridized carbons (Fsp3) is 0.333. The van der Waals surface area contributed by atoms with E-state index >= 15 is 0 Å². The second-order valence-corrected chi connectivity index (χ2v) is 7.70. The van der Waals surface area contributed by atoms with E-state index in [1.165, 1.54) is 27.6 Å². The van der Waals surface area contributed by atoms with Gasteiger partial charge in [0.15, 0.2) is 5.96 Å². The zero-order valence-corrected chi connectivity index (χ0v) is 17.4. The summed E-state index contributed by atoms with van der Waals surface area (Å²) < 4.78 is 0. The zero-order valence-electron chi connectivity index (χ0n) is 17.4. The van der Waals surface area contributed by atoms with Crippen LogP contribution in [0.25, 0.3) is 10.9 Å². The van der Waals surface area contributed by atoms with E-state index < -0.39 is 0 Å². The van der Waals surface area contributed by atoms with Crippen LogP contribution < -0.4 is 10.6 Å². The van der Waals surface area contributed by atoms with Crippen LogP contribution in [0.4, 0.5) is 0 Å². The first-order valence-corrected chi connectivity index (χ1v) is 10.6. The van der Waals surface area contributed by atoms with E-state index in [4.69, 9.17) is 0 Å². The van der Waals surface area contributed by atoms with Gasteiger partial charge in [0.2, 0.25) is 5.91 Å². The number of likely N-dealkylation sites (tertiary alicyclic amines) is 1. The number of carbonyl (C=O) groups is 1. The van der Waals surface area contributed by atoms with Gasteiger partial charge in [-0.3, -0.25) is 9.79 Å². The van der Waals surface area contributed by atoms with Gasteiger partial charge >= 0.3 is 0 Å². The lowest BCUT2D eigenvalue weighted by Gasteiger charge is -2.16. The van der Waals surface area contributed by atoms with Gasteiger partial charge in [-0.15, -0.1) is 0 Å². The lowest BCUT2D eigenvalue weighted by atomic mass is 10.1. The third-order valence-electron chi connectivity index (χ3n) is 5.58. The first-order chi connectivity index (χ1) is 14.7. The molecule has 0 radical (unpaired) electrons. The molecule has 1 aromatic heterocycles. The van der Waals surface area contributed by atoms with Crippen molar-refractivity contribution in [2.45, 2.75) is 32.4 Å². The van der Waals surface area contributed by atoms with Gasteiger partial charge in [-0.2, -0.15) is 0 Å². The van der Waals surface area contributed by atoms with Gasteiger partial charge in [-0.1, -0.05) is 42.5 Å². The number of hydrogen-bond donors (Lipinski definition) is 3. The number of carbonyl (C=O) groups excluding carboxylic acids is 1. The van der Waals surface area contributed by atoms with E-state index in [1.54, 1.807) is 7.05 Å². The maximum atomic E-state index is 11.9. The Morgan fingerprint density at radius 1 is 1.13 bits per heavy atom. The lowest BCUT2D eigenvalue weighted by molar-refractivity contribution is -0.128. The Hall–Kier alpha value is -3.28. The van der Waals surface area contributed by atoms with Crippen LogP contribution in [0.2, 0.25) is 0 Å². The highest BCUT2D eigenvalue weighted by Crippen LogP contribution is 2.18. The van der Waals surface area contributed by atoms with E-state index in [-0.39, 0.29) is 5.91 Å². The van der Waals surface area contributed by atoms with Crippen LogP contribution in [0.3, 0.4) is 0 Å². The monoisotopic (exact) mass is 403 g/mol. The third kappa shape index (κ3) is 4.82. The summed E-state index contributed by atoms with van der Waals surface area (Å²) in [5.41, 5.74) is 4.83. The Kier molecular flexibility index (Phi) is 6.32. The molecule has 0 atom stereocenters. The molecule has 0 aliphatic carbocycles. The summed E-state index contributed by atoms with van der Waals surface area (Å²) in [7, 11) is 1.79.